The van der Waals surface area contributed by atoms with E-state index in [2.05, 4.69) is 29.6 Å². The monoisotopic (exact) mass is 298 g/mol. The molecule has 0 bridgehead atoms. The van der Waals surface area contributed by atoms with E-state index in [1.165, 1.54) is 5.56 Å². The van der Waals surface area contributed by atoms with Crippen molar-refractivity contribution < 1.29 is 9.73 Å². The molecular weight excluding hydrogens is 282 g/mol. The average Bonchev–Trinajstić information content (AvgIpc) is 2.98. The predicted octanol–water partition coefficient (Wildman–Crippen LogP) is 3.86. The number of nitrogens with two attached hydrogens (primary N) is 1. The van der Waals surface area contributed by atoms with Crippen molar-refractivity contribution in [1.29, 1.82) is 0 Å². The number of halogens is 1. The average molecular weight is 299 g/mol. The Morgan fingerprint density at radius 1 is 0.810 bits per heavy atom. The van der Waals surface area contributed by atoms with Crippen LogP contribution in [-0.4, -0.2) is 0 Å². The molecule has 106 valence electrons. The van der Waals surface area contributed by atoms with Crippen LogP contribution in [0.5, 0.6) is 0 Å². The Hall–Kier alpha value is -2.03. The summed E-state index contributed by atoms with van der Waals surface area (Å²) in [6, 6.07) is 22.2. The number of quaternary nitrogens is 1. The Bertz CT molecular complexity index is 689. The Morgan fingerprint density at radius 2 is 1.57 bits per heavy atom. The van der Waals surface area contributed by atoms with E-state index in [4.69, 9.17) is 16.0 Å². The third kappa shape index (κ3) is 3.75. The molecule has 2 nitrogen and oxygen atoms in total. The second-order valence-corrected chi connectivity index (χ2v) is 5.39. The number of furan rings is 1. The van der Waals surface area contributed by atoms with Gasteiger partial charge >= 0.3 is 0 Å². The van der Waals surface area contributed by atoms with Crippen molar-refractivity contribution in [1.82, 2.24) is 0 Å². The summed E-state index contributed by atoms with van der Waals surface area (Å²) in [5, 5.41) is 2.97. The van der Waals surface area contributed by atoms with Gasteiger partial charge in [0.05, 0.1) is 0 Å². The molecule has 0 saturated carbocycles. The Balaban J connectivity index is 1.59. The van der Waals surface area contributed by atoms with Gasteiger partial charge in [0, 0.05) is 16.1 Å². The standard InChI is InChI=1S/C18H16ClNO/c19-16-8-6-15(7-9-16)18-11-10-17(21-18)13-20-12-14-4-2-1-3-5-14/h1-11,20H,12-13H2/p+1. The third-order valence-corrected chi connectivity index (χ3v) is 3.61. The summed E-state index contributed by atoms with van der Waals surface area (Å²) >= 11 is 5.90. The molecule has 0 aliphatic carbocycles. The summed E-state index contributed by atoms with van der Waals surface area (Å²) in [6.07, 6.45) is 0. The minimum Gasteiger partial charge on any atom is -0.455 e. The highest BCUT2D eigenvalue weighted by Gasteiger charge is 2.06. The van der Waals surface area contributed by atoms with Crippen molar-refractivity contribution >= 4 is 11.6 Å². The fourth-order valence-electron chi connectivity index (χ4n) is 2.25. The van der Waals surface area contributed by atoms with Crippen LogP contribution in [0.25, 0.3) is 11.3 Å². The molecule has 3 rings (SSSR count). The largest absolute Gasteiger partial charge is 0.455 e. The maximum absolute atomic E-state index is 5.90. The van der Waals surface area contributed by atoms with Crippen LogP contribution in [0.3, 0.4) is 0 Å². The zero-order chi connectivity index (χ0) is 14.5. The molecule has 0 unspecified atom stereocenters. The predicted molar refractivity (Wildman–Crippen MR) is 84.9 cm³/mol. The second kappa shape index (κ2) is 6.61. The van der Waals surface area contributed by atoms with Gasteiger partial charge in [-0.2, -0.15) is 0 Å². The van der Waals surface area contributed by atoms with Gasteiger partial charge in [-0.1, -0.05) is 41.9 Å². The molecular formula is C18H17ClNO+. The van der Waals surface area contributed by atoms with Gasteiger partial charge in [-0.25, -0.2) is 0 Å². The highest BCUT2D eigenvalue weighted by molar-refractivity contribution is 6.30. The van der Waals surface area contributed by atoms with Gasteiger partial charge in [0.15, 0.2) is 5.76 Å². The van der Waals surface area contributed by atoms with Gasteiger partial charge in [0.25, 0.3) is 0 Å². The molecule has 0 aliphatic heterocycles. The molecule has 2 N–H and O–H groups in total. The molecule has 0 amide bonds. The van der Waals surface area contributed by atoms with Gasteiger partial charge in [0.2, 0.25) is 0 Å². The van der Waals surface area contributed by atoms with Gasteiger partial charge in [-0.15, -0.1) is 0 Å². The zero-order valence-corrected chi connectivity index (χ0v) is 12.4. The molecule has 1 aromatic heterocycles. The molecule has 21 heavy (non-hydrogen) atoms. The fourth-order valence-corrected chi connectivity index (χ4v) is 2.38. The highest BCUT2D eigenvalue weighted by atomic mass is 35.5. The van der Waals surface area contributed by atoms with E-state index in [1.807, 2.05) is 42.5 Å². The summed E-state index contributed by atoms with van der Waals surface area (Å²) in [5.41, 5.74) is 2.37. The summed E-state index contributed by atoms with van der Waals surface area (Å²) in [7, 11) is 0. The Morgan fingerprint density at radius 3 is 2.33 bits per heavy atom. The van der Waals surface area contributed by atoms with E-state index in [9.17, 15) is 0 Å². The van der Waals surface area contributed by atoms with Crippen LogP contribution in [0.1, 0.15) is 11.3 Å². The van der Waals surface area contributed by atoms with Crippen LogP contribution in [0.2, 0.25) is 5.02 Å². The summed E-state index contributed by atoms with van der Waals surface area (Å²) in [4.78, 5) is 0. The quantitative estimate of drug-likeness (QED) is 0.761. The van der Waals surface area contributed by atoms with Crippen molar-refractivity contribution in [3.63, 3.8) is 0 Å². The zero-order valence-electron chi connectivity index (χ0n) is 11.6. The van der Waals surface area contributed by atoms with Gasteiger partial charge in [0.1, 0.15) is 18.8 Å². The lowest BCUT2D eigenvalue weighted by Gasteiger charge is -2.00. The minimum absolute atomic E-state index is 0.738. The molecule has 0 saturated heterocycles. The molecule has 0 aliphatic rings. The first-order valence-electron chi connectivity index (χ1n) is 7.01. The molecule has 3 heteroatoms. The van der Waals surface area contributed by atoms with Crippen LogP contribution in [0.4, 0.5) is 0 Å². The molecule has 0 spiro atoms. The number of hydrogen-bond donors (Lipinski definition) is 1. The van der Waals surface area contributed by atoms with Gasteiger partial charge in [-0.3, -0.25) is 0 Å². The van der Waals surface area contributed by atoms with Crippen LogP contribution >= 0.6 is 11.6 Å². The van der Waals surface area contributed by atoms with Gasteiger partial charge in [-0.05, 0) is 36.4 Å². The van der Waals surface area contributed by atoms with E-state index in [-0.39, 0.29) is 0 Å². The molecule has 0 fully saturated rings. The number of hydrogen-bond acceptors (Lipinski definition) is 1. The topological polar surface area (TPSA) is 29.8 Å². The number of benzene rings is 2. The van der Waals surface area contributed by atoms with Crippen molar-refractivity contribution in [3.8, 4) is 11.3 Å². The van der Waals surface area contributed by atoms with Crippen LogP contribution in [0, 0.1) is 0 Å². The molecule has 3 aromatic rings. The van der Waals surface area contributed by atoms with Gasteiger partial charge < -0.3 is 9.73 Å². The van der Waals surface area contributed by atoms with Crippen LogP contribution in [-0.2, 0) is 13.1 Å². The smallest absolute Gasteiger partial charge is 0.158 e. The minimum atomic E-state index is 0.738. The first-order valence-corrected chi connectivity index (χ1v) is 7.39. The Labute approximate surface area is 129 Å². The van der Waals surface area contributed by atoms with Crippen molar-refractivity contribution in [3.05, 3.63) is 83.1 Å². The molecule has 2 aromatic carbocycles. The van der Waals surface area contributed by atoms with E-state index in [0.717, 1.165) is 35.2 Å². The summed E-state index contributed by atoms with van der Waals surface area (Å²) in [6.45, 7) is 1.79. The van der Waals surface area contributed by atoms with E-state index in [1.54, 1.807) is 0 Å². The summed E-state index contributed by atoms with van der Waals surface area (Å²) < 4.78 is 5.87. The summed E-state index contributed by atoms with van der Waals surface area (Å²) in [5.74, 6) is 1.87. The highest BCUT2D eigenvalue weighted by Crippen LogP contribution is 2.23. The maximum atomic E-state index is 5.90. The third-order valence-electron chi connectivity index (χ3n) is 3.36. The van der Waals surface area contributed by atoms with Crippen molar-refractivity contribution in [2.24, 2.45) is 0 Å². The lowest BCUT2D eigenvalue weighted by Crippen LogP contribution is -2.80. The second-order valence-electron chi connectivity index (χ2n) is 4.96. The Kier molecular flexibility index (Phi) is 4.39. The normalized spacial score (nSPS) is 10.7. The molecule has 1 heterocycles. The number of rotatable bonds is 5. The maximum Gasteiger partial charge on any atom is 0.158 e. The van der Waals surface area contributed by atoms with E-state index in [0.29, 0.717) is 0 Å². The SMILES string of the molecule is Clc1ccc(-c2ccc(C[NH2+]Cc3ccccc3)o2)cc1. The first kappa shape index (κ1) is 13.9. The lowest BCUT2D eigenvalue weighted by molar-refractivity contribution is -0.687. The van der Waals surface area contributed by atoms with Crippen LogP contribution in [0.15, 0.2) is 71.1 Å². The molecule has 0 radical (unpaired) electrons. The van der Waals surface area contributed by atoms with E-state index >= 15 is 0 Å². The molecule has 0 atom stereocenters. The fraction of sp³-hybridized carbons (Fsp3) is 0.111. The van der Waals surface area contributed by atoms with Crippen molar-refractivity contribution in [2.45, 2.75) is 13.1 Å². The lowest BCUT2D eigenvalue weighted by atomic mass is 10.2. The first-order chi connectivity index (χ1) is 10.3. The van der Waals surface area contributed by atoms with E-state index < -0.39 is 0 Å². The van der Waals surface area contributed by atoms with Crippen LogP contribution < -0.4 is 5.32 Å². The van der Waals surface area contributed by atoms with Crippen molar-refractivity contribution in [2.75, 3.05) is 0 Å².